The summed E-state index contributed by atoms with van der Waals surface area (Å²) in [5.74, 6) is -1.80. The molecule has 17 nitrogen and oxygen atoms in total. The number of nitrogens with two attached hydrogens (primary N) is 2. The molecule has 9 N–H and O–H groups in total. The minimum atomic E-state index is -5.06. The van der Waals surface area contributed by atoms with Crippen LogP contribution in [-0.2, 0) is 30.4 Å². The first-order chi connectivity index (χ1) is 24.3. The summed E-state index contributed by atoms with van der Waals surface area (Å²) in [4.78, 5) is 24.0. The maximum Gasteiger partial charge on any atom is 0.296 e. The maximum atomic E-state index is 13.3. The van der Waals surface area contributed by atoms with Gasteiger partial charge in [0.05, 0.1) is 21.8 Å². The van der Waals surface area contributed by atoms with E-state index in [1.165, 1.54) is 18.2 Å². The zero-order valence-corrected chi connectivity index (χ0v) is 28.5. The average molecular weight is 765 g/mol. The zero-order valence-electron chi connectivity index (χ0n) is 26.0. The van der Waals surface area contributed by atoms with E-state index < -0.39 is 68.0 Å². The number of ketones is 2. The number of nitrogens with zero attached hydrogens (tertiary/aromatic N) is 2. The Balaban J connectivity index is 1.21. The van der Waals surface area contributed by atoms with E-state index in [2.05, 4.69) is 21.1 Å². The number of allylic oxidation sites excluding steroid dienone is 2. The molecule has 6 rings (SSSR count). The van der Waals surface area contributed by atoms with Gasteiger partial charge in [-0.25, -0.2) is 0 Å². The van der Waals surface area contributed by atoms with E-state index in [0.29, 0.717) is 16.8 Å². The van der Waals surface area contributed by atoms with Crippen LogP contribution in [0.5, 0.6) is 0 Å². The summed E-state index contributed by atoms with van der Waals surface area (Å²) in [6.07, 6.45) is 1.92. The van der Waals surface area contributed by atoms with Crippen molar-refractivity contribution < 1.29 is 48.5 Å². The van der Waals surface area contributed by atoms with E-state index in [4.69, 9.17) is 11.5 Å². The summed E-state index contributed by atoms with van der Waals surface area (Å²) >= 11 is 0. The van der Waals surface area contributed by atoms with Gasteiger partial charge in [-0.3, -0.25) is 34.1 Å². The largest absolute Gasteiger partial charge is 0.399 e. The molecule has 4 aromatic carbocycles. The molecule has 0 saturated carbocycles. The van der Waals surface area contributed by atoms with E-state index in [-0.39, 0.29) is 39.3 Å². The van der Waals surface area contributed by atoms with Crippen LogP contribution in [0.2, 0.25) is 0 Å². The smallest absolute Gasteiger partial charge is 0.296 e. The second-order valence-electron chi connectivity index (χ2n) is 11.2. The lowest BCUT2D eigenvalue weighted by Gasteiger charge is -2.18. The monoisotopic (exact) mass is 764 g/mol. The molecule has 0 atom stereocenters. The molecule has 0 unspecified atom stereocenters. The molecule has 0 spiro atoms. The van der Waals surface area contributed by atoms with Crippen LogP contribution in [-0.4, -0.2) is 61.9 Å². The first-order valence-electron chi connectivity index (χ1n) is 14.5. The van der Waals surface area contributed by atoms with Gasteiger partial charge in [0.2, 0.25) is 11.6 Å². The van der Waals surface area contributed by atoms with Gasteiger partial charge in [-0.15, -0.1) is 0 Å². The molecule has 266 valence electrons. The molecule has 0 saturated heterocycles. The first kappa shape index (κ1) is 35.8. The fourth-order valence-electron chi connectivity index (χ4n) is 5.29. The van der Waals surface area contributed by atoms with Gasteiger partial charge in [-0.1, -0.05) is 30.3 Å². The minimum Gasteiger partial charge on any atom is -0.399 e. The van der Waals surface area contributed by atoms with Crippen LogP contribution in [0.4, 0.5) is 22.7 Å². The van der Waals surface area contributed by atoms with E-state index in [1.807, 2.05) is 0 Å². The van der Waals surface area contributed by atoms with E-state index in [0.717, 1.165) is 24.3 Å². The van der Waals surface area contributed by atoms with Crippen molar-refractivity contribution in [3.05, 3.63) is 111 Å². The number of nitrogens with one attached hydrogen (secondary N) is 2. The lowest BCUT2D eigenvalue weighted by molar-refractivity contribution is 0.105. The van der Waals surface area contributed by atoms with Crippen molar-refractivity contribution in [2.75, 3.05) is 22.3 Å². The third-order valence-corrected chi connectivity index (χ3v) is 10.3. The molecule has 20 heteroatoms. The van der Waals surface area contributed by atoms with Crippen molar-refractivity contribution in [2.24, 2.45) is 10.2 Å². The van der Waals surface area contributed by atoms with Crippen LogP contribution in [0.3, 0.4) is 0 Å². The first-order valence-corrected chi connectivity index (χ1v) is 18.8. The third kappa shape index (κ3) is 7.10. The zero-order chi connectivity index (χ0) is 37.7. The van der Waals surface area contributed by atoms with Gasteiger partial charge in [0, 0.05) is 16.9 Å². The normalized spacial score (nSPS) is 16.2. The second kappa shape index (κ2) is 12.9. The fraction of sp³-hybridized carbons (Fsp3) is 0. The Morgan fingerprint density at radius 1 is 0.558 bits per heavy atom. The molecule has 4 aromatic rings. The molecular weight excluding hydrogens is 741 g/mol. The lowest BCUT2D eigenvalue weighted by Crippen LogP contribution is -2.28. The predicted octanol–water partition coefficient (Wildman–Crippen LogP) is 3.55. The number of Topliss-reactive ketones (excluding diaryl/α,β-unsaturated/α-hetero) is 2. The van der Waals surface area contributed by atoms with Crippen molar-refractivity contribution in [2.45, 2.75) is 4.90 Å². The number of fused-ring (bicyclic) bond motifs is 2. The Bertz CT molecular complexity index is 2690. The SMILES string of the molecule is Nc1ccc2c(c1)C(=O)/C(=N/Nc1ccc(-c3ccc(N/N=C4\C(=O)c5c(N)cc(S(=O)(=O)O)cc5C=C4S(=O)(=O)O)cc3)cc1)C(S(=O)(=O)O)=C2. The molecule has 0 radical (unpaired) electrons. The van der Waals surface area contributed by atoms with Gasteiger partial charge < -0.3 is 11.5 Å². The minimum absolute atomic E-state index is 0.111. The summed E-state index contributed by atoms with van der Waals surface area (Å²) in [7, 11) is -14.6. The van der Waals surface area contributed by atoms with Gasteiger partial charge in [-0.05, 0) is 82.9 Å². The van der Waals surface area contributed by atoms with Crippen LogP contribution < -0.4 is 22.3 Å². The average Bonchev–Trinajstić information content (AvgIpc) is 3.06. The van der Waals surface area contributed by atoms with Gasteiger partial charge in [0.25, 0.3) is 30.4 Å². The van der Waals surface area contributed by atoms with Crippen molar-refractivity contribution >= 4 is 88.2 Å². The summed E-state index contributed by atoms with van der Waals surface area (Å²) in [6, 6.07) is 18.9. The van der Waals surface area contributed by atoms with Crippen LogP contribution >= 0.6 is 0 Å². The molecule has 2 aliphatic carbocycles. The van der Waals surface area contributed by atoms with Crippen LogP contribution in [0.15, 0.2) is 104 Å². The third-order valence-electron chi connectivity index (χ3n) is 7.74. The highest BCUT2D eigenvalue weighted by atomic mass is 32.2. The fourth-order valence-corrected chi connectivity index (χ4v) is 7.16. The Kier molecular flexibility index (Phi) is 8.90. The van der Waals surface area contributed by atoms with E-state index in [1.54, 1.807) is 48.5 Å². The van der Waals surface area contributed by atoms with E-state index in [9.17, 15) is 48.5 Å². The molecule has 0 bridgehead atoms. The van der Waals surface area contributed by atoms with E-state index >= 15 is 0 Å². The molecule has 0 aromatic heterocycles. The van der Waals surface area contributed by atoms with Crippen molar-refractivity contribution in [3.63, 3.8) is 0 Å². The van der Waals surface area contributed by atoms with Crippen molar-refractivity contribution in [1.82, 2.24) is 0 Å². The molecule has 0 heterocycles. The topological polar surface area (TPSA) is 298 Å². The second-order valence-corrected chi connectivity index (χ2v) is 15.4. The number of hydrogen-bond acceptors (Lipinski definition) is 14. The highest BCUT2D eigenvalue weighted by Gasteiger charge is 2.35. The predicted molar refractivity (Wildman–Crippen MR) is 193 cm³/mol. The molecular formula is C32H24N6O11S3. The summed E-state index contributed by atoms with van der Waals surface area (Å²) in [5.41, 5.74) is 17.2. The quantitative estimate of drug-likeness (QED) is 0.0767. The van der Waals surface area contributed by atoms with Gasteiger partial charge in [0.15, 0.2) is 11.4 Å². The number of carbonyl (C=O) groups is 2. The highest BCUT2D eigenvalue weighted by molar-refractivity contribution is 7.91. The number of rotatable bonds is 8. The number of hydrazone groups is 2. The molecule has 2 aliphatic rings. The molecule has 0 aliphatic heterocycles. The van der Waals surface area contributed by atoms with Crippen LogP contribution in [0.25, 0.3) is 23.3 Å². The molecule has 0 amide bonds. The summed E-state index contributed by atoms with van der Waals surface area (Å²) < 4.78 is 101. The maximum absolute atomic E-state index is 13.3. The highest BCUT2D eigenvalue weighted by Crippen LogP contribution is 2.33. The van der Waals surface area contributed by atoms with Gasteiger partial charge >= 0.3 is 0 Å². The molecule has 0 fully saturated rings. The Morgan fingerprint density at radius 2 is 1.04 bits per heavy atom. The number of anilines is 4. The number of benzene rings is 4. The van der Waals surface area contributed by atoms with Crippen molar-refractivity contribution in [1.29, 1.82) is 0 Å². The number of carbonyl (C=O) groups excluding carboxylic acids is 2. The molecule has 52 heavy (non-hydrogen) atoms. The Morgan fingerprint density at radius 3 is 1.52 bits per heavy atom. The Hall–Kier alpha value is -6.03. The number of nitrogen functional groups attached to an aromatic ring is 2. The Labute approximate surface area is 295 Å². The lowest BCUT2D eigenvalue weighted by atomic mass is 9.93. The van der Waals surface area contributed by atoms with Gasteiger partial charge in [-0.2, -0.15) is 35.5 Å². The standard InChI is InChI=1S/C32H24N6O11S3/c33-20-6-1-18-12-26(51(44,45)46)29(31(39)24(18)14-20)37-35-21-7-2-16(3-8-21)17-4-9-22(10-5-17)36-38-30-27(52(47,48)49)13-19-11-23(50(41,42)43)15-25(34)28(19)32(30)40/h1-15,35-36H,33-34H2,(H,41,42,43)(H,44,45,46)(H,47,48,49)/b37-29+,38-30-. The summed E-state index contributed by atoms with van der Waals surface area (Å²) in [5, 5.41) is 7.85. The van der Waals surface area contributed by atoms with Crippen LogP contribution in [0.1, 0.15) is 31.8 Å². The van der Waals surface area contributed by atoms with Gasteiger partial charge in [0.1, 0.15) is 9.81 Å². The van der Waals surface area contributed by atoms with Crippen molar-refractivity contribution in [3.8, 4) is 11.1 Å². The van der Waals surface area contributed by atoms with Crippen LogP contribution in [0, 0.1) is 0 Å². The summed E-state index contributed by atoms with van der Waals surface area (Å²) in [6.45, 7) is 0. The number of hydrogen-bond donors (Lipinski definition) is 7.